The van der Waals surface area contributed by atoms with Crippen molar-refractivity contribution in [3.05, 3.63) is 36.3 Å². The summed E-state index contributed by atoms with van der Waals surface area (Å²) in [5.41, 5.74) is 0. The molecule has 1 fully saturated rings. The molecule has 0 aliphatic heterocycles. The summed E-state index contributed by atoms with van der Waals surface area (Å²) in [5, 5.41) is 8.51. The molecule has 0 radical (unpaired) electrons. The van der Waals surface area contributed by atoms with E-state index in [9.17, 15) is 4.79 Å². The minimum atomic E-state index is -0.895. The largest absolute Gasteiger partial charge is 0.478 e. The van der Waals surface area contributed by atoms with E-state index in [0.29, 0.717) is 12.6 Å². The highest BCUT2D eigenvalue weighted by Gasteiger charge is 2.28. The molecule has 86 valence electrons. The summed E-state index contributed by atoms with van der Waals surface area (Å²) in [4.78, 5) is 12.6. The predicted octanol–water partition coefficient (Wildman–Crippen LogP) is 1.88. The van der Waals surface area contributed by atoms with Crippen LogP contribution in [0.15, 0.2) is 35.0 Å². The van der Waals surface area contributed by atoms with Crippen LogP contribution in [0, 0.1) is 0 Å². The number of aliphatic carboxylic acids is 1. The first-order valence-electron chi connectivity index (χ1n) is 5.41. The van der Waals surface area contributed by atoms with Gasteiger partial charge in [-0.05, 0) is 25.0 Å². The molecule has 1 aromatic rings. The summed E-state index contributed by atoms with van der Waals surface area (Å²) in [7, 11) is 0. The van der Waals surface area contributed by atoms with Gasteiger partial charge in [-0.2, -0.15) is 0 Å². The highest BCUT2D eigenvalue weighted by Crippen LogP contribution is 2.28. The molecule has 1 N–H and O–H groups in total. The standard InChI is InChI=1S/C12H15NO3/c14-12(15)4-1-7-13(10-5-6-10)9-11-3-2-8-16-11/h1-4,8,10H,5-7,9H2,(H,14,15)/b4-1+. The summed E-state index contributed by atoms with van der Waals surface area (Å²) in [6, 6.07) is 4.40. The SMILES string of the molecule is O=C(O)/C=C/CN(Cc1ccco1)C1CC1. The molecule has 0 unspecified atom stereocenters. The molecular formula is C12H15NO3. The summed E-state index contributed by atoms with van der Waals surface area (Å²) in [6.45, 7) is 1.42. The van der Waals surface area contributed by atoms with Gasteiger partial charge in [0, 0.05) is 18.7 Å². The number of hydrogen-bond acceptors (Lipinski definition) is 3. The zero-order valence-corrected chi connectivity index (χ0v) is 9.00. The Morgan fingerprint density at radius 3 is 3.00 bits per heavy atom. The third-order valence-electron chi connectivity index (χ3n) is 2.60. The second-order valence-electron chi connectivity index (χ2n) is 3.98. The number of hydrogen-bond donors (Lipinski definition) is 1. The van der Waals surface area contributed by atoms with Gasteiger partial charge in [0.05, 0.1) is 12.8 Å². The van der Waals surface area contributed by atoms with Crippen molar-refractivity contribution in [3.8, 4) is 0 Å². The molecule has 1 aliphatic rings. The van der Waals surface area contributed by atoms with Crippen LogP contribution in [0.25, 0.3) is 0 Å². The van der Waals surface area contributed by atoms with Crippen LogP contribution in [0.3, 0.4) is 0 Å². The van der Waals surface area contributed by atoms with Crippen LogP contribution in [0.1, 0.15) is 18.6 Å². The van der Waals surface area contributed by atoms with Gasteiger partial charge in [-0.1, -0.05) is 6.08 Å². The Morgan fingerprint density at radius 2 is 2.44 bits per heavy atom. The highest BCUT2D eigenvalue weighted by molar-refractivity contribution is 5.79. The van der Waals surface area contributed by atoms with Gasteiger partial charge in [-0.15, -0.1) is 0 Å². The molecular weight excluding hydrogens is 206 g/mol. The Morgan fingerprint density at radius 1 is 1.62 bits per heavy atom. The lowest BCUT2D eigenvalue weighted by atomic mass is 10.3. The third kappa shape index (κ3) is 3.24. The minimum Gasteiger partial charge on any atom is -0.478 e. The Kier molecular flexibility index (Phi) is 3.41. The van der Waals surface area contributed by atoms with E-state index >= 15 is 0 Å². The maximum Gasteiger partial charge on any atom is 0.328 e. The Labute approximate surface area is 94.2 Å². The summed E-state index contributed by atoms with van der Waals surface area (Å²) in [6.07, 6.45) is 6.93. The van der Waals surface area contributed by atoms with Gasteiger partial charge in [-0.25, -0.2) is 4.79 Å². The van der Waals surface area contributed by atoms with Crippen LogP contribution >= 0.6 is 0 Å². The fourth-order valence-corrected chi connectivity index (χ4v) is 1.67. The van der Waals surface area contributed by atoms with Crippen molar-refractivity contribution in [2.75, 3.05) is 6.54 Å². The van der Waals surface area contributed by atoms with E-state index in [4.69, 9.17) is 9.52 Å². The van der Waals surface area contributed by atoms with Crippen LogP contribution in [0.5, 0.6) is 0 Å². The summed E-state index contributed by atoms with van der Waals surface area (Å²) in [5.74, 6) is 0.0318. The van der Waals surface area contributed by atoms with E-state index in [0.717, 1.165) is 12.3 Å². The Balaban J connectivity index is 1.87. The predicted molar refractivity (Wildman–Crippen MR) is 58.9 cm³/mol. The molecule has 2 rings (SSSR count). The van der Waals surface area contributed by atoms with Crippen LogP contribution in [-0.2, 0) is 11.3 Å². The van der Waals surface area contributed by atoms with E-state index < -0.39 is 5.97 Å². The lowest BCUT2D eigenvalue weighted by molar-refractivity contribution is -0.131. The lowest BCUT2D eigenvalue weighted by Gasteiger charge is -2.18. The van der Waals surface area contributed by atoms with Gasteiger partial charge < -0.3 is 9.52 Å². The van der Waals surface area contributed by atoms with Crippen molar-refractivity contribution in [3.63, 3.8) is 0 Å². The normalized spacial score (nSPS) is 16.1. The van der Waals surface area contributed by atoms with E-state index in [1.165, 1.54) is 18.9 Å². The zero-order valence-electron chi connectivity index (χ0n) is 9.00. The molecule has 1 saturated carbocycles. The first kappa shape index (κ1) is 11.0. The van der Waals surface area contributed by atoms with Crippen molar-refractivity contribution >= 4 is 5.97 Å². The average Bonchev–Trinajstić information content (AvgIpc) is 2.96. The molecule has 16 heavy (non-hydrogen) atoms. The van der Waals surface area contributed by atoms with Gasteiger partial charge in [0.2, 0.25) is 0 Å². The molecule has 0 spiro atoms. The quantitative estimate of drug-likeness (QED) is 0.745. The number of nitrogens with zero attached hydrogens (tertiary/aromatic N) is 1. The molecule has 0 saturated heterocycles. The Bertz CT molecular complexity index is 366. The smallest absolute Gasteiger partial charge is 0.328 e. The summed E-state index contributed by atoms with van der Waals surface area (Å²) < 4.78 is 5.29. The van der Waals surface area contributed by atoms with Gasteiger partial charge in [0.25, 0.3) is 0 Å². The number of furan rings is 1. The van der Waals surface area contributed by atoms with Crippen molar-refractivity contribution in [2.45, 2.75) is 25.4 Å². The first-order valence-corrected chi connectivity index (χ1v) is 5.41. The minimum absolute atomic E-state index is 0.587. The number of carbonyl (C=O) groups is 1. The average molecular weight is 221 g/mol. The Hall–Kier alpha value is -1.55. The van der Waals surface area contributed by atoms with Gasteiger partial charge in [-0.3, -0.25) is 4.90 Å². The van der Waals surface area contributed by atoms with Crippen molar-refractivity contribution in [1.82, 2.24) is 4.90 Å². The monoisotopic (exact) mass is 221 g/mol. The lowest BCUT2D eigenvalue weighted by Crippen LogP contribution is -2.25. The van der Waals surface area contributed by atoms with Crippen LogP contribution in [0.4, 0.5) is 0 Å². The molecule has 0 amide bonds. The zero-order chi connectivity index (χ0) is 11.4. The number of rotatable bonds is 6. The molecule has 1 aliphatic carbocycles. The maximum atomic E-state index is 10.4. The fourth-order valence-electron chi connectivity index (χ4n) is 1.67. The second-order valence-corrected chi connectivity index (χ2v) is 3.98. The van der Waals surface area contributed by atoms with Crippen molar-refractivity contribution in [2.24, 2.45) is 0 Å². The molecule has 0 bridgehead atoms. The fraction of sp³-hybridized carbons (Fsp3) is 0.417. The van der Waals surface area contributed by atoms with Crippen LogP contribution < -0.4 is 0 Å². The summed E-state index contributed by atoms with van der Waals surface area (Å²) >= 11 is 0. The van der Waals surface area contributed by atoms with Gasteiger partial charge in [0.1, 0.15) is 5.76 Å². The topological polar surface area (TPSA) is 53.7 Å². The first-order chi connectivity index (χ1) is 7.75. The molecule has 0 aromatic carbocycles. The maximum absolute atomic E-state index is 10.4. The van der Waals surface area contributed by atoms with Crippen LogP contribution in [-0.4, -0.2) is 28.6 Å². The van der Waals surface area contributed by atoms with Crippen LogP contribution in [0.2, 0.25) is 0 Å². The third-order valence-corrected chi connectivity index (χ3v) is 2.60. The van der Waals surface area contributed by atoms with E-state index in [2.05, 4.69) is 4.90 Å². The highest BCUT2D eigenvalue weighted by atomic mass is 16.4. The van der Waals surface area contributed by atoms with Gasteiger partial charge >= 0.3 is 5.97 Å². The number of carboxylic acids is 1. The molecule has 0 atom stereocenters. The molecule has 4 nitrogen and oxygen atoms in total. The molecule has 4 heteroatoms. The molecule has 1 aromatic heterocycles. The van der Waals surface area contributed by atoms with Crippen molar-refractivity contribution in [1.29, 1.82) is 0 Å². The second kappa shape index (κ2) is 4.99. The van der Waals surface area contributed by atoms with E-state index in [1.807, 2.05) is 12.1 Å². The number of carboxylic acid groups (broad SMARTS) is 1. The van der Waals surface area contributed by atoms with E-state index in [1.54, 1.807) is 12.3 Å². The van der Waals surface area contributed by atoms with Crippen molar-refractivity contribution < 1.29 is 14.3 Å². The van der Waals surface area contributed by atoms with Gasteiger partial charge in [0.15, 0.2) is 0 Å². The van der Waals surface area contributed by atoms with E-state index in [-0.39, 0.29) is 0 Å². The molecule has 1 heterocycles.